The van der Waals surface area contributed by atoms with E-state index < -0.39 is 15.9 Å². The summed E-state index contributed by atoms with van der Waals surface area (Å²) in [5.41, 5.74) is 2.18. The van der Waals surface area contributed by atoms with E-state index in [1.807, 2.05) is 60.7 Å². The standard InChI is InChI=1S/C38H45N5O6S/c44-37(39-31-20-10-12-22-34(31)48-26-28-14-4-1-5-15-28)25-43-33(24-36(41-43)42-50(46,47)30-18-8-3-9-19-30)38(45)40-32-21-11-13-23-35(32)49-27-29-16-6-2-7-17-29/h1-9,14-19,24,31-32,34-35H,10-13,20-23,25-27H2,(H,39,44)(H,40,45)(H,41,42). The second-order valence-electron chi connectivity index (χ2n) is 13.0. The van der Waals surface area contributed by atoms with Crippen LogP contribution in [0.4, 0.5) is 5.82 Å². The molecule has 3 N–H and O–H groups in total. The fourth-order valence-electron chi connectivity index (χ4n) is 6.67. The highest BCUT2D eigenvalue weighted by molar-refractivity contribution is 7.92. The lowest BCUT2D eigenvalue weighted by molar-refractivity contribution is -0.124. The van der Waals surface area contributed by atoms with E-state index in [1.165, 1.54) is 22.9 Å². The molecule has 12 heteroatoms. The molecule has 1 heterocycles. The zero-order valence-corrected chi connectivity index (χ0v) is 28.9. The molecule has 6 rings (SSSR count). The summed E-state index contributed by atoms with van der Waals surface area (Å²) < 4.78 is 42.6. The molecule has 3 aromatic carbocycles. The maximum atomic E-state index is 13.9. The highest BCUT2D eigenvalue weighted by Gasteiger charge is 2.31. The van der Waals surface area contributed by atoms with Crippen molar-refractivity contribution in [2.24, 2.45) is 0 Å². The Balaban J connectivity index is 1.17. The number of hydrogen-bond acceptors (Lipinski definition) is 7. The Morgan fingerprint density at radius 3 is 1.76 bits per heavy atom. The van der Waals surface area contributed by atoms with Crippen LogP contribution >= 0.6 is 0 Å². The normalized spacial score (nSPS) is 20.9. The predicted molar refractivity (Wildman–Crippen MR) is 190 cm³/mol. The Morgan fingerprint density at radius 2 is 1.20 bits per heavy atom. The Labute approximate surface area is 293 Å². The first kappa shape index (κ1) is 35.3. The van der Waals surface area contributed by atoms with E-state index in [1.54, 1.807) is 18.2 Å². The molecule has 11 nitrogen and oxygen atoms in total. The largest absolute Gasteiger partial charge is 0.371 e. The van der Waals surface area contributed by atoms with Gasteiger partial charge < -0.3 is 20.1 Å². The summed E-state index contributed by atoms with van der Waals surface area (Å²) in [4.78, 5) is 27.5. The number of nitrogens with one attached hydrogen (secondary N) is 3. The molecule has 2 aliphatic rings. The SMILES string of the molecule is O=C(Cn1nc(NS(=O)(=O)c2ccccc2)cc1C(=O)NC1CCCCC1OCc1ccccc1)NC1CCCCC1OCc1ccccc1. The van der Waals surface area contributed by atoms with Crippen molar-refractivity contribution < 1.29 is 27.5 Å². The Kier molecular flexibility index (Phi) is 12.0. The molecular weight excluding hydrogens is 655 g/mol. The minimum atomic E-state index is -3.99. The van der Waals surface area contributed by atoms with Crippen molar-refractivity contribution in [2.45, 2.75) is 100 Å². The van der Waals surface area contributed by atoms with Gasteiger partial charge in [0.2, 0.25) is 5.91 Å². The second-order valence-corrected chi connectivity index (χ2v) is 14.7. The van der Waals surface area contributed by atoms with Crippen LogP contribution < -0.4 is 15.4 Å². The van der Waals surface area contributed by atoms with Crippen LogP contribution in [0, 0.1) is 0 Å². The monoisotopic (exact) mass is 699 g/mol. The number of benzene rings is 3. The van der Waals surface area contributed by atoms with Crippen LogP contribution in [0.3, 0.4) is 0 Å². The molecule has 0 saturated heterocycles. The zero-order valence-electron chi connectivity index (χ0n) is 28.1. The Morgan fingerprint density at radius 1 is 0.700 bits per heavy atom. The third kappa shape index (κ3) is 9.58. The molecule has 1 aromatic heterocycles. The number of sulfonamides is 1. The van der Waals surface area contributed by atoms with Crippen LogP contribution in [0.15, 0.2) is 102 Å². The fraction of sp³-hybridized carbons (Fsp3) is 0.395. The van der Waals surface area contributed by atoms with Crippen molar-refractivity contribution in [3.05, 3.63) is 114 Å². The van der Waals surface area contributed by atoms with Crippen molar-refractivity contribution in [2.75, 3.05) is 4.72 Å². The summed E-state index contributed by atoms with van der Waals surface area (Å²) >= 11 is 0. The first-order valence-electron chi connectivity index (χ1n) is 17.4. The number of hydrogen-bond donors (Lipinski definition) is 3. The van der Waals surface area contributed by atoms with E-state index in [-0.39, 0.29) is 53.2 Å². The molecule has 50 heavy (non-hydrogen) atoms. The summed E-state index contributed by atoms with van der Waals surface area (Å²) in [6, 6.07) is 28.6. The van der Waals surface area contributed by atoms with E-state index in [2.05, 4.69) is 20.5 Å². The van der Waals surface area contributed by atoms with Crippen LogP contribution in [0.5, 0.6) is 0 Å². The smallest absolute Gasteiger partial charge is 0.269 e. The topological polar surface area (TPSA) is 141 Å². The number of nitrogens with zero attached hydrogens (tertiary/aromatic N) is 2. The number of anilines is 1. The lowest BCUT2D eigenvalue weighted by Gasteiger charge is -2.32. The van der Waals surface area contributed by atoms with Crippen molar-refractivity contribution in [3.63, 3.8) is 0 Å². The maximum absolute atomic E-state index is 13.9. The van der Waals surface area contributed by atoms with E-state index in [4.69, 9.17) is 9.47 Å². The van der Waals surface area contributed by atoms with E-state index >= 15 is 0 Å². The van der Waals surface area contributed by atoms with Crippen LogP contribution in [0.25, 0.3) is 0 Å². The first-order valence-corrected chi connectivity index (χ1v) is 18.9. The van der Waals surface area contributed by atoms with Crippen LogP contribution in [-0.2, 0) is 44.1 Å². The van der Waals surface area contributed by atoms with Gasteiger partial charge in [0.05, 0.1) is 42.4 Å². The number of amides is 2. The van der Waals surface area contributed by atoms with E-state index in [0.29, 0.717) is 13.2 Å². The quantitative estimate of drug-likeness (QED) is 0.156. The summed E-state index contributed by atoms with van der Waals surface area (Å²) in [5, 5.41) is 10.6. The summed E-state index contributed by atoms with van der Waals surface area (Å²) in [6.45, 7) is 0.596. The van der Waals surface area contributed by atoms with E-state index in [9.17, 15) is 18.0 Å². The van der Waals surface area contributed by atoms with Gasteiger partial charge in [-0.15, -0.1) is 0 Å². The highest BCUT2D eigenvalue weighted by atomic mass is 32.2. The van der Waals surface area contributed by atoms with Gasteiger partial charge in [0.25, 0.3) is 15.9 Å². The number of ether oxygens (including phenoxy) is 2. The summed E-state index contributed by atoms with van der Waals surface area (Å²) in [6.07, 6.45) is 6.70. The Bertz CT molecular complexity index is 1800. The number of carbonyl (C=O) groups excluding carboxylic acids is 2. The molecule has 2 amide bonds. The van der Waals surface area contributed by atoms with Gasteiger partial charge in [0.1, 0.15) is 12.2 Å². The minimum Gasteiger partial charge on any atom is -0.371 e. The van der Waals surface area contributed by atoms with Crippen LogP contribution in [0.1, 0.15) is 73.0 Å². The molecule has 0 aliphatic heterocycles. The fourth-order valence-corrected chi connectivity index (χ4v) is 7.68. The molecule has 2 fully saturated rings. The van der Waals surface area contributed by atoms with Gasteiger partial charge in [-0.25, -0.2) is 13.1 Å². The van der Waals surface area contributed by atoms with Crippen molar-refractivity contribution in [1.29, 1.82) is 0 Å². The average molecular weight is 700 g/mol. The van der Waals surface area contributed by atoms with Gasteiger partial charge in [-0.05, 0) is 48.9 Å². The molecule has 0 bridgehead atoms. The Hall–Kier alpha value is -4.52. The number of carbonyl (C=O) groups is 2. The lowest BCUT2D eigenvalue weighted by Crippen LogP contribution is -2.48. The maximum Gasteiger partial charge on any atom is 0.269 e. The lowest BCUT2D eigenvalue weighted by atomic mass is 9.92. The minimum absolute atomic E-state index is 0.0535. The molecule has 2 saturated carbocycles. The molecule has 4 atom stereocenters. The number of rotatable bonds is 14. The predicted octanol–water partition coefficient (Wildman–Crippen LogP) is 5.59. The van der Waals surface area contributed by atoms with Gasteiger partial charge in [-0.2, -0.15) is 5.10 Å². The van der Waals surface area contributed by atoms with E-state index in [0.717, 1.165) is 62.5 Å². The molecule has 0 spiro atoms. The highest BCUT2D eigenvalue weighted by Crippen LogP contribution is 2.25. The summed E-state index contributed by atoms with van der Waals surface area (Å²) in [7, 11) is -3.99. The van der Waals surface area contributed by atoms with Crippen molar-refractivity contribution >= 4 is 27.7 Å². The third-order valence-corrected chi connectivity index (χ3v) is 10.7. The molecule has 4 aromatic rings. The zero-order chi connectivity index (χ0) is 34.8. The summed E-state index contributed by atoms with van der Waals surface area (Å²) in [5.74, 6) is -0.868. The first-order chi connectivity index (χ1) is 24.3. The number of aromatic nitrogens is 2. The van der Waals surface area contributed by atoms with Gasteiger partial charge in [-0.1, -0.05) is 105 Å². The molecule has 2 aliphatic carbocycles. The van der Waals surface area contributed by atoms with Crippen molar-refractivity contribution in [3.8, 4) is 0 Å². The molecule has 264 valence electrons. The van der Waals surface area contributed by atoms with Crippen LogP contribution in [0.2, 0.25) is 0 Å². The van der Waals surface area contributed by atoms with Gasteiger partial charge in [-0.3, -0.25) is 14.3 Å². The molecule has 0 radical (unpaired) electrons. The second kappa shape index (κ2) is 16.9. The van der Waals surface area contributed by atoms with Gasteiger partial charge in [0.15, 0.2) is 5.82 Å². The van der Waals surface area contributed by atoms with Crippen molar-refractivity contribution in [1.82, 2.24) is 20.4 Å². The molecule has 4 unspecified atom stereocenters. The molecular formula is C38H45N5O6S. The van der Waals surface area contributed by atoms with Gasteiger partial charge >= 0.3 is 0 Å². The average Bonchev–Trinajstić information content (AvgIpc) is 3.53. The van der Waals surface area contributed by atoms with Crippen LogP contribution in [-0.4, -0.2) is 54.3 Å². The van der Waals surface area contributed by atoms with Gasteiger partial charge in [0, 0.05) is 6.07 Å². The third-order valence-electron chi connectivity index (χ3n) is 9.28.